The molecular weight excluding hydrogens is 284 g/mol. The third-order valence-electron chi connectivity index (χ3n) is 3.44. The molecule has 0 saturated carbocycles. The van der Waals surface area contributed by atoms with Crippen molar-refractivity contribution < 1.29 is 4.74 Å². The highest BCUT2D eigenvalue weighted by atomic mass is 35.5. The largest absolute Gasteiger partial charge is 0.438 e. The van der Waals surface area contributed by atoms with E-state index >= 15 is 0 Å². The van der Waals surface area contributed by atoms with E-state index in [9.17, 15) is 0 Å². The lowest BCUT2D eigenvalue weighted by Gasteiger charge is -2.11. The molecule has 0 radical (unpaired) electrons. The molecule has 2 N–H and O–H groups in total. The van der Waals surface area contributed by atoms with Gasteiger partial charge in [-0.05, 0) is 24.6 Å². The summed E-state index contributed by atoms with van der Waals surface area (Å²) in [7, 11) is 0. The molecule has 0 aliphatic rings. The van der Waals surface area contributed by atoms with Gasteiger partial charge in [-0.2, -0.15) is 0 Å². The molecule has 3 nitrogen and oxygen atoms in total. The first kappa shape index (κ1) is 13.9. The summed E-state index contributed by atoms with van der Waals surface area (Å²) in [4.78, 5) is 4.43. The van der Waals surface area contributed by atoms with Crippen LogP contribution in [0.15, 0.2) is 48.5 Å². The van der Waals surface area contributed by atoms with Crippen LogP contribution in [0, 0.1) is 6.92 Å². The van der Waals surface area contributed by atoms with Crippen LogP contribution >= 0.6 is 11.6 Å². The SMILES string of the molecule is Cc1nc(Oc2ccc(Cl)c3ccccc23)ccc1CN. The standard InChI is InChI=1S/C17H15ClN2O/c1-11-12(10-19)6-9-17(20-11)21-16-8-7-15(18)13-4-2-3-5-14(13)16/h2-9H,10,19H2,1H3. The zero-order chi connectivity index (χ0) is 14.8. The third-order valence-corrected chi connectivity index (χ3v) is 3.76. The van der Waals surface area contributed by atoms with Crippen molar-refractivity contribution in [2.45, 2.75) is 13.5 Å². The van der Waals surface area contributed by atoms with E-state index in [4.69, 9.17) is 22.1 Å². The molecule has 0 spiro atoms. The van der Waals surface area contributed by atoms with Gasteiger partial charge < -0.3 is 10.5 Å². The van der Waals surface area contributed by atoms with Crippen molar-refractivity contribution in [3.05, 3.63) is 64.8 Å². The van der Waals surface area contributed by atoms with Gasteiger partial charge in [-0.1, -0.05) is 41.9 Å². The maximum absolute atomic E-state index is 6.21. The predicted molar refractivity (Wildman–Crippen MR) is 85.9 cm³/mol. The Hall–Kier alpha value is -2.10. The molecule has 106 valence electrons. The van der Waals surface area contributed by atoms with Crippen LogP contribution in [0.5, 0.6) is 11.6 Å². The van der Waals surface area contributed by atoms with Gasteiger partial charge in [0.2, 0.25) is 5.88 Å². The number of aryl methyl sites for hydroxylation is 1. The fraction of sp³-hybridized carbons (Fsp3) is 0.118. The van der Waals surface area contributed by atoms with E-state index in [0.29, 0.717) is 17.4 Å². The molecular formula is C17H15ClN2O. The van der Waals surface area contributed by atoms with E-state index in [-0.39, 0.29) is 0 Å². The maximum Gasteiger partial charge on any atom is 0.219 e. The number of hydrogen-bond acceptors (Lipinski definition) is 3. The van der Waals surface area contributed by atoms with Gasteiger partial charge in [0.25, 0.3) is 0 Å². The summed E-state index contributed by atoms with van der Waals surface area (Å²) in [6, 6.07) is 15.3. The second kappa shape index (κ2) is 5.72. The smallest absolute Gasteiger partial charge is 0.219 e. The summed E-state index contributed by atoms with van der Waals surface area (Å²) in [5.41, 5.74) is 7.55. The molecule has 0 fully saturated rings. The minimum atomic E-state index is 0.475. The van der Waals surface area contributed by atoms with Crippen LogP contribution in [0.1, 0.15) is 11.3 Å². The monoisotopic (exact) mass is 298 g/mol. The molecule has 0 atom stereocenters. The van der Waals surface area contributed by atoms with Crippen molar-refractivity contribution in [3.63, 3.8) is 0 Å². The van der Waals surface area contributed by atoms with Crippen molar-refractivity contribution in [2.75, 3.05) is 0 Å². The molecule has 2 aromatic carbocycles. The summed E-state index contributed by atoms with van der Waals surface area (Å²) >= 11 is 6.21. The van der Waals surface area contributed by atoms with Crippen molar-refractivity contribution in [2.24, 2.45) is 5.73 Å². The molecule has 3 rings (SSSR count). The highest BCUT2D eigenvalue weighted by molar-refractivity contribution is 6.35. The van der Waals surface area contributed by atoms with E-state index in [1.54, 1.807) is 0 Å². The number of rotatable bonds is 3. The number of benzene rings is 2. The zero-order valence-electron chi connectivity index (χ0n) is 11.6. The number of fused-ring (bicyclic) bond motifs is 1. The number of nitrogens with two attached hydrogens (primary N) is 1. The molecule has 21 heavy (non-hydrogen) atoms. The van der Waals surface area contributed by atoms with Crippen LogP contribution in [0.3, 0.4) is 0 Å². The van der Waals surface area contributed by atoms with E-state index in [1.165, 1.54) is 0 Å². The summed E-state index contributed by atoms with van der Waals surface area (Å²) in [6.45, 7) is 2.40. The van der Waals surface area contributed by atoms with Crippen LogP contribution < -0.4 is 10.5 Å². The first-order chi connectivity index (χ1) is 10.2. The fourth-order valence-electron chi connectivity index (χ4n) is 2.28. The van der Waals surface area contributed by atoms with Crippen LogP contribution in [0.4, 0.5) is 0 Å². The van der Waals surface area contributed by atoms with E-state index in [2.05, 4.69) is 4.98 Å². The Kier molecular flexibility index (Phi) is 3.78. The number of aromatic nitrogens is 1. The van der Waals surface area contributed by atoms with Gasteiger partial charge in [0.1, 0.15) is 5.75 Å². The Labute approximate surface area is 128 Å². The molecule has 0 aliphatic carbocycles. The summed E-state index contributed by atoms with van der Waals surface area (Å²) in [6.07, 6.45) is 0. The molecule has 1 heterocycles. The average molecular weight is 299 g/mol. The van der Waals surface area contributed by atoms with Crippen LogP contribution in [-0.4, -0.2) is 4.98 Å². The van der Waals surface area contributed by atoms with Gasteiger partial charge in [0, 0.05) is 34.1 Å². The van der Waals surface area contributed by atoms with Crippen LogP contribution in [-0.2, 0) is 6.54 Å². The molecule has 1 aromatic heterocycles. The predicted octanol–water partition coefficient (Wildman–Crippen LogP) is 4.45. The van der Waals surface area contributed by atoms with Gasteiger partial charge in [-0.25, -0.2) is 4.98 Å². The van der Waals surface area contributed by atoms with E-state index < -0.39 is 0 Å². The van der Waals surface area contributed by atoms with Crippen LogP contribution in [0.25, 0.3) is 10.8 Å². The van der Waals surface area contributed by atoms with Crippen molar-refractivity contribution in [3.8, 4) is 11.6 Å². The Morgan fingerprint density at radius 3 is 2.52 bits per heavy atom. The van der Waals surface area contributed by atoms with Crippen LogP contribution in [0.2, 0.25) is 5.02 Å². The Balaban J connectivity index is 2.02. The lowest BCUT2D eigenvalue weighted by atomic mass is 10.1. The number of halogens is 1. The molecule has 0 amide bonds. The van der Waals surface area contributed by atoms with Gasteiger partial charge in [0.15, 0.2) is 0 Å². The first-order valence-corrected chi connectivity index (χ1v) is 7.08. The highest BCUT2D eigenvalue weighted by Gasteiger charge is 2.08. The van der Waals surface area contributed by atoms with E-state index in [1.807, 2.05) is 55.5 Å². The first-order valence-electron chi connectivity index (χ1n) is 6.70. The van der Waals surface area contributed by atoms with Gasteiger partial charge in [-0.15, -0.1) is 0 Å². The molecule has 3 aromatic rings. The lowest BCUT2D eigenvalue weighted by molar-refractivity contribution is 0.466. The molecule has 0 bridgehead atoms. The Morgan fingerprint density at radius 2 is 1.81 bits per heavy atom. The maximum atomic E-state index is 6.21. The van der Waals surface area contributed by atoms with Gasteiger partial charge >= 0.3 is 0 Å². The summed E-state index contributed by atoms with van der Waals surface area (Å²) in [5.74, 6) is 1.29. The molecule has 4 heteroatoms. The topological polar surface area (TPSA) is 48.1 Å². The third kappa shape index (κ3) is 2.71. The average Bonchev–Trinajstić information content (AvgIpc) is 2.51. The van der Waals surface area contributed by atoms with Gasteiger partial charge in [0.05, 0.1) is 0 Å². The number of hydrogen-bond donors (Lipinski definition) is 1. The van der Waals surface area contributed by atoms with Gasteiger partial charge in [-0.3, -0.25) is 0 Å². The second-order valence-corrected chi connectivity index (χ2v) is 5.20. The Morgan fingerprint density at radius 1 is 1.05 bits per heavy atom. The molecule has 0 unspecified atom stereocenters. The number of pyridine rings is 1. The number of nitrogens with zero attached hydrogens (tertiary/aromatic N) is 1. The quantitative estimate of drug-likeness (QED) is 0.777. The summed E-state index contributed by atoms with van der Waals surface area (Å²) in [5, 5.41) is 2.64. The fourth-order valence-corrected chi connectivity index (χ4v) is 2.50. The summed E-state index contributed by atoms with van der Waals surface area (Å²) < 4.78 is 5.92. The Bertz CT molecular complexity index is 802. The highest BCUT2D eigenvalue weighted by Crippen LogP contribution is 2.33. The van der Waals surface area contributed by atoms with Crippen molar-refractivity contribution in [1.29, 1.82) is 0 Å². The normalized spacial score (nSPS) is 10.8. The molecule has 0 saturated heterocycles. The lowest BCUT2D eigenvalue weighted by Crippen LogP contribution is -2.01. The minimum Gasteiger partial charge on any atom is -0.438 e. The minimum absolute atomic E-state index is 0.475. The van der Waals surface area contributed by atoms with Crippen molar-refractivity contribution in [1.82, 2.24) is 4.98 Å². The second-order valence-electron chi connectivity index (χ2n) is 4.79. The number of ether oxygens (including phenoxy) is 1. The molecule has 0 aliphatic heterocycles. The van der Waals surface area contributed by atoms with E-state index in [0.717, 1.165) is 27.8 Å². The van der Waals surface area contributed by atoms with Crippen molar-refractivity contribution >= 4 is 22.4 Å². The zero-order valence-corrected chi connectivity index (χ0v) is 12.4.